The number of anilines is 1. The molecule has 1 aromatic rings. The first-order valence-electron chi connectivity index (χ1n) is 7.37. The van der Waals surface area contributed by atoms with Gasteiger partial charge in [-0.05, 0) is 37.2 Å². The van der Waals surface area contributed by atoms with Crippen LogP contribution in [-0.4, -0.2) is 36.7 Å². The van der Waals surface area contributed by atoms with Crippen molar-refractivity contribution in [2.45, 2.75) is 25.4 Å². The molecular formula is C15H20N4OS. The fourth-order valence-corrected chi connectivity index (χ4v) is 2.73. The van der Waals surface area contributed by atoms with Crippen LogP contribution in [0.25, 0.3) is 0 Å². The van der Waals surface area contributed by atoms with Crippen LogP contribution in [0.15, 0.2) is 35.3 Å². The predicted molar refractivity (Wildman–Crippen MR) is 88.6 cm³/mol. The van der Waals surface area contributed by atoms with E-state index < -0.39 is 0 Å². The summed E-state index contributed by atoms with van der Waals surface area (Å²) in [6.45, 7) is 2.51. The van der Waals surface area contributed by atoms with Crippen LogP contribution in [0.3, 0.4) is 0 Å². The van der Waals surface area contributed by atoms with Crippen molar-refractivity contribution < 1.29 is 4.74 Å². The van der Waals surface area contributed by atoms with E-state index in [-0.39, 0.29) is 6.10 Å². The first-order valence-corrected chi connectivity index (χ1v) is 7.78. The van der Waals surface area contributed by atoms with Crippen LogP contribution in [0, 0.1) is 0 Å². The zero-order valence-electron chi connectivity index (χ0n) is 11.9. The Kier molecular flexibility index (Phi) is 4.67. The Labute approximate surface area is 130 Å². The average Bonchev–Trinajstić information content (AvgIpc) is 3.17. The molecule has 2 aliphatic rings. The zero-order valence-corrected chi connectivity index (χ0v) is 12.7. The quantitative estimate of drug-likeness (QED) is 0.835. The topological polar surface area (TPSA) is 48.9 Å². The second-order valence-electron chi connectivity index (χ2n) is 5.23. The number of hydrogen-bond acceptors (Lipinski definition) is 3. The minimum Gasteiger partial charge on any atom is -0.376 e. The van der Waals surface area contributed by atoms with E-state index in [1.807, 2.05) is 18.2 Å². The number of nitrogens with one attached hydrogen (secondary N) is 2. The molecule has 5 nitrogen and oxygen atoms in total. The lowest BCUT2D eigenvalue weighted by Crippen LogP contribution is -2.35. The Morgan fingerprint density at radius 2 is 2.29 bits per heavy atom. The van der Waals surface area contributed by atoms with Crippen molar-refractivity contribution in [2.75, 3.05) is 24.7 Å². The Morgan fingerprint density at radius 1 is 1.43 bits per heavy atom. The molecule has 0 unspecified atom stereocenters. The minimum absolute atomic E-state index is 0.278. The van der Waals surface area contributed by atoms with Crippen molar-refractivity contribution in [3.8, 4) is 0 Å². The Hall–Kier alpha value is -1.66. The van der Waals surface area contributed by atoms with Crippen LogP contribution in [0.5, 0.6) is 0 Å². The van der Waals surface area contributed by atoms with Gasteiger partial charge in [-0.3, -0.25) is 10.4 Å². The number of benzene rings is 1. The van der Waals surface area contributed by atoms with Gasteiger partial charge in [-0.1, -0.05) is 18.2 Å². The summed E-state index contributed by atoms with van der Waals surface area (Å²) < 4.78 is 5.55. The highest BCUT2D eigenvalue weighted by Gasteiger charge is 2.18. The maximum Gasteiger partial charge on any atom is 0.194 e. The number of rotatable bonds is 3. The first-order chi connectivity index (χ1) is 10.3. The highest BCUT2D eigenvalue weighted by molar-refractivity contribution is 7.80. The molecule has 2 aliphatic heterocycles. The maximum atomic E-state index is 5.55. The zero-order chi connectivity index (χ0) is 14.5. The molecule has 1 aromatic carbocycles. The second-order valence-corrected chi connectivity index (χ2v) is 5.62. The molecule has 21 heavy (non-hydrogen) atoms. The summed E-state index contributed by atoms with van der Waals surface area (Å²) in [7, 11) is 0. The van der Waals surface area contributed by atoms with Crippen molar-refractivity contribution in [2.24, 2.45) is 4.99 Å². The number of nitrogens with zero attached hydrogens (tertiary/aromatic N) is 2. The lowest BCUT2D eigenvalue weighted by Gasteiger charge is -2.17. The van der Waals surface area contributed by atoms with Gasteiger partial charge in [0.1, 0.15) is 5.84 Å². The molecule has 0 saturated carbocycles. The summed E-state index contributed by atoms with van der Waals surface area (Å²) in [5, 5.41) is 5.78. The van der Waals surface area contributed by atoms with Crippen molar-refractivity contribution in [3.63, 3.8) is 0 Å². The van der Waals surface area contributed by atoms with Gasteiger partial charge in [0.25, 0.3) is 0 Å². The monoisotopic (exact) mass is 304 g/mol. The first kappa shape index (κ1) is 14.3. The van der Waals surface area contributed by atoms with E-state index >= 15 is 0 Å². The fourth-order valence-electron chi connectivity index (χ4n) is 2.54. The van der Waals surface area contributed by atoms with E-state index in [9.17, 15) is 0 Å². The van der Waals surface area contributed by atoms with Gasteiger partial charge in [0, 0.05) is 26.1 Å². The van der Waals surface area contributed by atoms with Gasteiger partial charge in [0.05, 0.1) is 11.8 Å². The van der Waals surface area contributed by atoms with Crippen LogP contribution >= 0.6 is 12.2 Å². The molecule has 0 amide bonds. The van der Waals surface area contributed by atoms with E-state index in [1.165, 1.54) is 0 Å². The number of aliphatic imine (C=N–C) groups is 1. The Morgan fingerprint density at radius 3 is 3.05 bits per heavy atom. The summed E-state index contributed by atoms with van der Waals surface area (Å²) in [5.41, 5.74) is 4.43. The van der Waals surface area contributed by atoms with Crippen molar-refractivity contribution >= 4 is 28.9 Å². The predicted octanol–water partition coefficient (Wildman–Crippen LogP) is 1.85. The van der Waals surface area contributed by atoms with Crippen LogP contribution < -0.4 is 15.8 Å². The molecule has 2 fully saturated rings. The molecule has 0 aliphatic carbocycles. The molecule has 112 valence electrons. The normalized spacial score (nSPS) is 23.3. The van der Waals surface area contributed by atoms with Crippen molar-refractivity contribution in [3.05, 3.63) is 30.3 Å². The molecule has 0 aromatic heterocycles. The molecule has 2 N–H and O–H groups in total. The molecule has 3 rings (SSSR count). The summed E-state index contributed by atoms with van der Waals surface area (Å²) >= 11 is 5.27. The number of hydrogen-bond donors (Lipinski definition) is 2. The van der Waals surface area contributed by atoms with Gasteiger partial charge < -0.3 is 10.1 Å². The van der Waals surface area contributed by atoms with Crippen LogP contribution in [0.1, 0.15) is 19.3 Å². The lowest BCUT2D eigenvalue weighted by molar-refractivity contribution is 0.114. The lowest BCUT2D eigenvalue weighted by atomic mass is 10.2. The van der Waals surface area contributed by atoms with E-state index in [4.69, 9.17) is 17.0 Å². The molecular weight excluding hydrogens is 284 g/mol. The maximum absolute atomic E-state index is 5.55. The third-order valence-electron chi connectivity index (χ3n) is 3.65. The van der Waals surface area contributed by atoms with E-state index in [2.05, 4.69) is 32.9 Å². The van der Waals surface area contributed by atoms with E-state index in [1.54, 1.807) is 0 Å². The number of thiocarbonyl (C=S) groups is 1. The standard InChI is InChI=1S/C15H20N4OS/c21-15(16-11-13-7-4-10-20-13)17-14-8-9-19(18-14)12-5-2-1-3-6-12/h1-3,5-6,13H,4,7-11H2,(H2,16,17,18,21)/t13-/m1/s1. The molecule has 1 atom stereocenters. The molecule has 2 heterocycles. The summed E-state index contributed by atoms with van der Waals surface area (Å²) in [6, 6.07) is 10.2. The number of para-hydroxylation sites is 1. The van der Waals surface area contributed by atoms with Crippen LogP contribution in [-0.2, 0) is 4.74 Å². The highest BCUT2D eigenvalue weighted by atomic mass is 32.1. The second kappa shape index (κ2) is 6.87. The Balaban J connectivity index is 1.49. The molecule has 0 spiro atoms. The largest absolute Gasteiger partial charge is 0.376 e. The third-order valence-corrected chi connectivity index (χ3v) is 3.88. The van der Waals surface area contributed by atoms with Gasteiger partial charge in [-0.25, -0.2) is 4.99 Å². The van der Waals surface area contributed by atoms with Gasteiger partial charge in [0.15, 0.2) is 5.11 Å². The number of amidine groups is 1. The smallest absolute Gasteiger partial charge is 0.194 e. The SMILES string of the molecule is S=C(/N=C1\CCN(c2ccccc2)N1)NC[C@H]1CCCO1. The summed E-state index contributed by atoms with van der Waals surface area (Å²) in [4.78, 5) is 4.44. The molecule has 6 heteroatoms. The van der Waals surface area contributed by atoms with Crippen molar-refractivity contribution in [1.29, 1.82) is 0 Å². The number of ether oxygens (including phenoxy) is 1. The van der Waals surface area contributed by atoms with Crippen LogP contribution in [0.2, 0.25) is 0 Å². The molecule has 2 saturated heterocycles. The van der Waals surface area contributed by atoms with E-state index in [0.717, 1.165) is 50.5 Å². The van der Waals surface area contributed by atoms with Gasteiger partial charge >= 0.3 is 0 Å². The Bertz CT molecular complexity index is 514. The average molecular weight is 304 g/mol. The van der Waals surface area contributed by atoms with Gasteiger partial charge in [-0.2, -0.15) is 0 Å². The summed E-state index contributed by atoms with van der Waals surface area (Å²) in [6.07, 6.45) is 3.39. The minimum atomic E-state index is 0.278. The van der Waals surface area contributed by atoms with Crippen LogP contribution in [0.4, 0.5) is 5.69 Å². The number of hydrazine groups is 1. The van der Waals surface area contributed by atoms with Gasteiger partial charge in [-0.15, -0.1) is 0 Å². The highest BCUT2D eigenvalue weighted by Crippen LogP contribution is 2.15. The molecule has 0 bridgehead atoms. The third kappa shape index (κ3) is 3.92. The van der Waals surface area contributed by atoms with E-state index in [0.29, 0.717) is 5.11 Å². The fraction of sp³-hybridized carbons (Fsp3) is 0.467. The summed E-state index contributed by atoms with van der Waals surface area (Å²) in [5.74, 6) is 0.906. The van der Waals surface area contributed by atoms with Gasteiger partial charge in [0.2, 0.25) is 0 Å². The molecule has 0 radical (unpaired) electrons. The van der Waals surface area contributed by atoms with Crippen molar-refractivity contribution in [1.82, 2.24) is 10.7 Å².